The zero-order chi connectivity index (χ0) is 12.7. The van der Waals surface area contributed by atoms with Crippen LogP contribution >= 0.6 is 12.4 Å². The Morgan fingerprint density at radius 2 is 2.00 bits per heavy atom. The number of rotatable bonds is 6. The molecule has 0 aromatic heterocycles. The van der Waals surface area contributed by atoms with E-state index in [9.17, 15) is 9.59 Å². The number of carbonyl (C=O) groups is 2. The van der Waals surface area contributed by atoms with E-state index in [-0.39, 0.29) is 24.1 Å². The van der Waals surface area contributed by atoms with Gasteiger partial charge in [0.2, 0.25) is 5.91 Å². The number of carbonyl (C=O) groups excluding carboxylic acids is 2. The van der Waals surface area contributed by atoms with E-state index in [0.717, 1.165) is 32.6 Å². The van der Waals surface area contributed by atoms with Crippen LogP contribution in [0.3, 0.4) is 0 Å². The molecule has 0 aromatic rings. The first-order valence-corrected chi connectivity index (χ1v) is 6.15. The van der Waals surface area contributed by atoms with Gasteiger partial charge in [-0.15, -0.1) is 12.4 Å². The van der Waals surface area contributed by atoms with Gasteiger partial charge in [0, 0.05) is 26.2 Å². The molecule has 1 aliphatic rings. The summed E-state index contributed by atoms with van der Waals surface area (Å²) in [5.41, 5.74) is 2.08. The fourth-order valence-corrected chi connectivity index (χ4v) is 2.03. The summed E-state index contributed by atoms with van der Waals surface area (Å²) in [6.07, 6.45) is 1.36. The van der Waals surface area contributed by atoms with Gasteiger partial charge in [0.1, 0.15) is 0 Å². The van der Waals surface area contributed by atoms with Gasteiger partial charge in [0.15, 0.2) is 5.78 Å². The maximum Gasteiger partial charge on any atom is 0.244 e. The van der Waals surface area contributed by atoms with Crippen LogP contribution in [0.4, 0.5) is 0 Å². The van der Waals surface area contributed by atoms with Crippen molar-refractivity contribution in [1.82, 2.24) is 15.6 Å². The Hall–Kier alpha value is -0.690. The predicted molar refractivity (Wildman–Crippen MR) is 72.3 cm³/mol. The van der Waals surface area contributed by atoms with Crippen molar-refractivity contribution in [3.05, 3.63) is 0 Å². The third-order valence-electron chi connectivity index (χ3n) is 3.01. The molecule has 0 radical (unpaired) electrons. The minimum Gasteiger partial charge on any atom is -0.314 e. The molecular weight excluding hydrogens is 256 g/mol. The number of nitrogens with two attached hydrogens (primary N) is 1. The number of Topliss-reactive ketones (excluding diaryl/α,β-unsaturated/α-hetero) is 1. The zero-order valence-corrected chi connectivity index (χ0v) is 11.6. The van der Waals surface area contributed by atoms with Crippen molar-refractivity contribution in [1.29, 1.82) is 0 Å². The molecule has 1 unspecified atom stereocenters. The van der Waals surface area contributed by atoms with Gasteiger partial charge < -0.3 is 5.32 Å². The van der Waals surface area contributed by atoms with E-state index in [1.54, 1.807) is 0 Å². The van der Waals surface area contributed by atoms with Gasteiger partial charge in [-0.3, -0.25) is 19.9 Å². The van der Waals surface area contributed by atoms with Crippen LogP contribution in [-0.4, -0.2) is 49.3 Å². The molecule has 0 spiro atoms. The molecule has 1 heterocycles. The largest absolute Gasteiger partial charge is 0.314 e. The summed E-state index contributed by atoms with van der Waals surface area (Å²) in [7, 11) is 0. The van der Waals surface area contributed by atoms with E-state index in [4.69, 9.17) is 5.84 Å². The van der Waals surface area contributed by atoms with Crippen LogP contribution in [0, 0.1) is 5.92 Å². The normalized spacial score (nSPS) is 17.7. The lowest BCUT2D eigenvalue weighted by atomic mass is 9.97. The summed E-state index contributed by atoms with van der Waals surface area (Å²) in [5.74, 6) is 4.10. The van der Waals surface area contributed by atoms with Crippen molar-refractivity contribution in [3.8, 4) is 0 Å². The smallest absolute Gasteiger partial charge is 0.244 e. The topological polar surface area (TPSA) is 87.5 Å². The summed E-state index contributed by atoms with van der Waals surface area (Å²) in [6.45, 7) is 5.81. The molecule has 1 amide bonds. The second-order valence-electron chi connectivity index (χ2n) is 4.34. The molecule has 6 nitrogen and oxygen atoms in total. The van der Waals surface area contributed by atoms with E-state index in [2.05, 4.69) is 15.6 Å². The monoisotopic (exact) mass is 278 g/mol. The fraction of sp³-hybridized carbons (Fsp3) is 0.818. The van der Waals surface area contributed by atoms with Gasteiger partial charge in [-0.1, -0.05) is 13.3 Å². The third-order valence-corrected chi connectivity index (χ3v) is 3.01. The van der Waals surface area contributed by atoms with Crippen molar-refractivity contribution >= 4 is 24.1 Å². The number of hydrogen-bond donors (Lipinski definition) is 3. The molecule has 1 fully saturated rings. The molecule has 1 saturated heterocycles. The number of amides is 1. The first kappa shape index (κ1) is 17.3. The number of piperazine rings is 1. The Morgan fingerprint density at radius 1 is 1.39 bits per heavy atom. The Morgan fingerprint density at radius 3 is 2.50 bits per heavy atom. The lowest BCUT2D eigenvalue weighted by Gasteiger charge is -2.27. The van der Waals surface area contributed by atoms with Gasteiger partial charge in [0.05, 0.1) is 12.5 Å². The molecule has 1 aliphatic heterocycles. The summed E-state index contributed by atoms with van der Waals surface area (Å²) >= 11 is 0. The average Bonchev–Trinajstić information content (AvgIpc) is 2.36. The summed E-state index contributed by atoms with van der Waals surface area (Å²) in [5, 5.41) is 3.22. The van der Waals surface area contributed by atoms with Crippen molar-refractivity contribution in [2.45, 2.75) is 19.8 Å². The van der Waals surface area contributed by atoms with E-state index >= 15 is 0 Å². The standard InChI is InChI=1S/C11H22N4O2.ClH/c1-2-3-9(11(17)14-12)10(16)8-15-6-4-13-5-7-15;/h9,13H,2-8,12H2,1H3,(H,14,17);1H. The molecule has 18 heavy (non-hydrogen) atoms. The number of nitrogens with zero attached hydrogens (tertiary/aromatic N) is 1. The molecular formula is C11H23ClN4O2. The maximum atomic E-state index is 12.0. The van der Waals surface area contributed by atoms with Crippen LogP contribution in [0.2, 0.25) is 0 Å². The number of nitrogens with one attached hydrogen (secondary N) is 2. The van der Waals surface area contributed by atoms with Crippen LogP contribution < -0.4 is 16.6 Å². The lowest BCUT2D eigenvalue weighted by Crippen LogP contribution is -2.48. The van der Waals surface area contributed by atoms with Crippen LogP contribution in [0.15, 0.2) is 0 Å². The Labute approximate surface area is 114 Å². The number of hydrazine groups is 1. The SMILES string of the molecule is CCCC(C(=O)CN1CCNCC1)C(=O)NN.Cl. The molecule has 0 aliphatic carbocycles. The van der Waals surface area contributed by atoms with E-state index in [1.807, 2.05) is 6.92 Å². The van der Waals surface area contributed by atoms with Crippen molar-refractivity contribution in [3.63, 3.8) is 0 Å². The molecule has 0 saturated carbocycles. The Bertz CT molecular complexity index is 270. The minimum absolute atomic E-state index is 0. The van der Waals surface area contributed by atoms with Crippen LogP contribution in [0.25, 0.3) is 0 Å². The van der Waals surface area contributed by atoms with E-state index in [1.165, 1.54) is 0 Å². The highest BCUT2D eigenvalue weighted by atomic mass is 35.5. The van der Waals surface area contributed by atoms with Gasteiger partial charge in [-0.25, -0.2) is 5.84 Å². The molecule has 1 rings (SSSR count). The highest BCUT2D eigenvalue weighted by molar-refractivity contribution is 6.02. The highest BCUT2D eigenvalue weighted by Crippen LogP contribution is 2.09. The molecule has 0 aromatic carbocycles. The summed E-state index contributed by atoms with van der Waals surface area (Å²) in [4.78, 5) is 25.6. The van der Waals surface area contributed by atoms with E-state index < -0.39 is 5.92 Å². The van der Waals surface area contributed by atoms with Crippen molar-refractivity contribution in [2.75, 3.05) is 32.7 Å². The van der Waals surface area contributed by atoms with Crippen LogP contribution in [0.1, 0.15) is 19.8 Å². The molecule has 7 heteroatoms. The fourth-order valence-electron chi connectivity index (χ4n) is 2.03. The van der Waals surface area contributed by atoms with Gasteiger partial charge in [-0.2, -0.15) is 0 Å². The van der Waals surface area contributed by atoms with Crippen molar-refractivity contribution < 1.29 is 9.59 Å². The average molecular weight is 279 g/mol. The van der Waals surface area contributed by atoms with Crippen LogP contribution in [-0.2, 0) is 9.59 Å². The molecule has 1 atom stereocenters. The summed E-state index contributed by atoms with van der Waals surface area (Å²) in [6, 6.07) is 0. The first-order chi connectivity index (χ1) is 8.19. The molecule has 0 bridgehead atoms. The van der Waals surface area contributed by atoms with Gasteiger partial charge in [0.25, 0.3) is 0 Å². The Kier molecular flexibility index (Phi) is 8.91. The van der Waals surface area contributed by atoms with Gasteiger partial charge in [-0.05, 0) is 6.42 Å². The lowest BCUT2D eigenvalue weighted by molar-refractivity contribution is -0.135. The molecule has 106 valence electrons. The maximum absolute atomic E-state index is 12.0. The minimum atomic E-state index is -0.597. The highest BCUT2D eigenvalue weighted by Gasteiger charge is 2.26. The van der Waals surface area contributed by atoms with Crippen molar-refractivity contribution in [2.24, 2.45) is 11.8 Å². The van der Waals surface area contributed by atoms with Gasteiger partial charge >= 0.3 is 0 Å². The molecule has 4 N–H and O–H groups in total. The zero-order valence-electron chi connectivity index (χ0n) is 10.8. The quantitative estimate of drug-likeness (QED) is 0.259. The first-order valence-electron chi connectivity index (χ1n) is 6.15. The third kappa shape index (κ3) is 5.30. The summed E-state index contributed by atoms with van der Waals surface area (Å²) < 4.78 is 0. The predicted octanol–water partition coefficient (Wildman–Crippen LogP) is -0.711. The number of hydrogen-bond acceptors (Lipinski definition) is 5. The van der Waals surface area contributed by atoms with E-state index in [0.29, 0.717) is 13.0 Å². The van der Waals surface area contributed by atoms with Crippen LogP contribution in [0.5, 0.6) is 0 Å². The number of ketones is 1. The number of halogens is 1. The second kappa shape index (κ2) is 9.27. The second-order valence-corrected chi connectivity index (χ2v) is 4.34. The Balaban J connectivity index is 0.00000289.